The van der Waals surface area contributed by atoms with Crippen LogP contribution >= 0.6 is 0 Å². The van der Waals surface area contributed by atoms with Crippen molar-refractivity contribution in [1.29, 1.82) is 0 Å². The van der Waals surface area contributed by atoms with E-state index >= 15 is 0 Å². The molecule has 0 atom stereocenters. The van der Waals surface area contributed by atoms with Crippen LogP contribution in [0, 0.1) is 0 Å². The van der Waals surface area contributed by atoms with Crippen molar-refractivity contribution < 1.29 is 9.15 Å². The van der Waals surface area contributed by atoms with Gasteiger partial charge in [0.25, 0.3) is 0 Å². The standard InChI is InChI=1S/C54H35NO2Si/c1-2-15-36(16-3-1)40-17-4-5-18-41(40)37-29-31-38(32-30-37)55(39-33-34-43-42-19-6-9-23-47(42)56-49(43)35-39)46-22-14-28-53-54(46)57-48-24-10-13-27-52(48)58(53)50-25-11-7-20-44(50)45-21-8-12-26-51(45)58/h1-35H. The fourth-order valence-corrected chi connectivity index (χ4v) is 15.1. The van der Waals surface area contributed by atoms with E-state index in [4.69, 9.17) is 9.15 Å². The molecule has 58 heavy (non-hydrogen) atoms. The van der Waals surface area contributed by atoms with Crippen molar-refractivity contribution in [2.75, 3.05) is 4.90 Å². The van der Waals surface area contributed by atoms with Gasteiger partial charge in [0, 0.05) is 22.5 Å². The zero-order chi connectivity index (χ0) is 38.2. The molecule has 0 aliphatic carbocycles. The van der Waals surface area contributed by atoms with Crippen LogP contribution in [0.2, 0.25) is 0 Å². The van der Waals surface area contributed by atoms with Crippen LogP contribution in [-0.4, -0.2) is 8.07 Å². The molecule has 3 nitrogen and oxygen atoms in total. The third-order valence-corrected chi connectivity index (χ3v) is 17.1. The molecule has 3 heterocycles. The van der Waals surface area contributed by atoms with Gasteiger partial charge in [-0.3, -0.25) is 0 Å². The molecule has 0 fully saturated rings. The maximum atomic E-state index is 7.21. The predicted octanol–water partition coefficient (Wildman–Crippen LogP) is 11.9. The number of ether oxygens (including phenoxy) is 1. The topological polar surface area (TPSA) is 25.6 Å². The molecule has 1 spiro atoms. The van der Waals surface area contributed by atoms with E-state index in [1.807, 2.05) is 12.1 Å². The van der Waals surface area contributed by atoms with Gasteiger partial charge in [0.2, 0.25) is 0 Å². The molecule has 1 aromatic heterocycles. The van der Waals surface area contributed by atoms with Gasteiger partial charge in [-0.25, -0.2) is 0 Å². The minimum absolute atomic E-state index is 0.845. The fourth-order valence-electron chi connectivity index (χ4n) is 9.71. The lowest BCUT2D eigenvalue weighted by Crippen LogP contribution is -2.74. The summed E-state index contributed by atoms with van der Waals surface area (Å²) in [6.07, 6.45) is 0. The Labute approximate surface area is 337 Å². The van der Waals surface area contributed by atoms with Gasteiger partial charge in [-0.15, -0.1) is 0 Å². The summed E-state index contributed by atoms with van der Waals surface area (Å²) in [5.41, 5.74) is 12.1. The van der Waals surface area contributed by atoms with E-state index in [2.05, 4.69) is 205 Å². The number of para-hydroxylation sites is 3. The molecule has 12 rings (SSSR count). The first-order valence-electron chi connectivity index (χ1n) is 19.8. The molecule has 0 N–H and O–H groups in total. The molecule has 0 radical (unpaired) electrons. The van der Waals surface area contributed by atoms with Crippen LogP contribution in [0.1, 0.15) is 0 Å². The van der Waals surface area contributed by atoms with Crippen LogP contribution in [0.4, 0.5) is 17.1 Å². The van der Waals surface area contributed by atoms with E-state index in [0.717, 1.165) is 56.1 Å². The van der Waals surface area contributed by atoms with Crippen molar-refractivity contribution in [1.82, 2.24) is 0 Å². The molecule has 0 amide bonds. The Balaban J connectivity index is 1.09. The zero-order valence-electron chi connectivity index (χ0n) is 31.5. The van der Waals surface area contributed by atoms with E-state index in [9.17, 15) is 0 Å². The minimum atomic E-state index is -2.81. The Morgan fingerprint density at radius 2 is 0.914 bits per heavy atom. The summed E-state index contributed by atoms with van der Waals surface area (Å²) in [5, 5.41) is 7.56. The first kappa shape index (κ1) is 32.8. The molecular weight excluding hydrogens is 723 g/mol. The van der Waals surface area contributed by atoms with Crippen molar-refractivity contribution in [3.05, 3.63) is 212 Å². The Bertz CT molecular complexity index is 3180. The molecule has 10 aromatic rings. The third-order valence-electron chi connectivity index (χ3n) is 12.2. The summed E-state index contributed by atoms with van der Waals surface area (Å²) < 4.78 is 13.7. The molecule has 272 valence electrons. The monoisotopic (exact) mass is 757 g/mol. The van der Waals surface area contributed by atoms with Gasteiger partial charge in [0.15, 0.2) is 13.8 Å². The van der Waals surface area contributed by atoms with Crippen molar-refractivity contribution in [2.24, 2.45) is 0 Å². The van der Waals surface area contributed by atoms with Gasteiger partial charge in [0.05, 0.1) is 11.4 Å². The number of fused-ring (bicyclic) bond motifs is 12. The number of hydrogen-bond acceptors (Lipinski definition) is 3. The fraction of sp³-hybridized carbons (Fsp3) is 0. The summed E-state index contributed by atoms with van der Waals surface area (Å²) in [4.78, 5) is 2.35. The Hall–Kier alpha value is -7.40. The molecule has 4 heteroatoms. The highest BCUT2D eigenvalue weighted by atomic mass is 28.3. The summed E-state index contributed by atoms with van der Waals surface area (Å²) in [7, 11) is -2.81. The number of anilines is 3. The highest BCUT2D eigenvalue weighted by molar-refractivity contribution is 7.23. The second-order valence-corrected chi connectivity index (χ2v) is 18.8. The molecule has 0 bridgehead atoms. The number of benzene rings is 9. The summed E-state index contributed by atoms with van der Waals surface area (Å²) in [6, 6.07) is 76.6. The molecular formula is C54H35NO2Si. The molecule has 2 aliphatic heterocycles. The highest BCUT2D eigenvalue weighted by Gasteiger charge is 2.54. The quantitative estimate of drug-likeness (QED) is 0.164. The SMILES string of the molecule is c1ccc(-c2ccccc2-c2ccc(N(c3ccc4c(c3)oc3ccccc34)c3cccc4c3Oc3ccccc3[Si]43c4ccccc4-c4ccccc43)cc2)cc1. The van der Waals surface area contributed by atoms with Crippen molar-refractivity contribution in [2.45, 2.75) is 0 Å². The lowest BCUT2D eigenvalue weighted by molar-refractivity contribution is 0.488. The van der Waals surface area contributed by atoms with E-state index in [0.29, 0.717) is 0 Å². The predicted molar refractivity (Wildman–Crippen MR) is 242 cm³/mol. The van der Waals surface area contributed by atoms with Crippen LogP contribution < -0.4 is 30.4 Å². The maximum absolute atomic E-state index is 7.21. The first-order chi connectivity index (χ1) is 28.8. The molecule has 0 saturated heterocycles. The molecule has 0 saturated carbocycles. The smallest absolute Gasteiger partial charge is 0.189 e. The van der Waals surface area contributed by atoms with Crippen molar-refractivity contribution in [3.8, 4) is 44.9 Å². The van der Waals surface area contributed by atoms with Gasteiger partial charge in [-0.05, 0) is 96.6 Å². The van der Waals surface area contributed by atoms with Gasteiger partial charge in [-0.1, -0.05) is 164 Å². The minimum Gasteiger partial charge on any atom is -0.456 e. The second kappa shape index (κ2) is 12.8. The van der Waals surface area contributed by atoms with Gasteiger partial charge in [0.1, 0.15) is 16.9 Å². The van der Waals surface area contributed by atoms with E-state index < -0.39 is 8.07 Å². The normalized spacial score (nSPS) is 13.1. The lowest BCUT2D eigenvalue weighted by atomic mass is 9.94. The van der Waals surface area contributed by atoms with Crippen LogP contribution in [0.5, 0.6) is 11.5 Å². The van der Waals surface area contributed by atoms with Crippen LogP contribution in [0.3, 0.4) is 0 Å². The summed E-state index contributed by atoms with van der Waals surface area (Å²) in [5.74, 6) is 1.81. The van der Waals surface area contributed by atoms with Crippen molar-refractivity contribution in [3.63, 3.8) is 0 Å². The summed E-state index contributed by atoms with van der Waals surface area (Å²) in [6.45, 7) is 0. The van der Waals surface area contributed by atoms with Crippen LogP contribution in [0.15, 0.2) is 217 Å². The Kier molecular flexibility index (Phi) is 7.25. The number of furan rings is 1. The number of rotatable bonds is 5. The lowest BCUT2D eigenvalue weighted by Gasteiger charge is -2.39. The van der Waals surface area contributed by atoms with Crippen LogP contribution in [0.25, 0.3) is 55.3 Å². The third kappa shape index (κ3) is 4.73. The Morgan fingerprint density at radius 1 is 0.362 bits per heavy atom. The molecule has 2 aliphatic rings. The van der Waals surface area contributed by atoms with Gasteiger partial charge in [-0.2, -0.15) is 0 Å². The second-order valence-electron chi connectivity index (χ2n) is 15.2. The van der Waals surface area contributed by atoms with Crippen molar-refractivity contribution >= 4 is 67.8 Å². The largest absolute Gasteiger partial charge is 0.456 e. The average Bonchev–Trinajstić information content (AvgIpc) is 3.81. The highest BCUT2D eigenvalue weighted by Crippen LogP contribution is 2.46. The van der Waals surface area contributed by atoms with Gasteiger partial charge >= 0.3 is 0 Å². The van der Waals surface area contributed by atoms with E-state index in [-0.39, 0.29) is 0 Å². The molecule has 9 aromatic carbocycles. The number of hydrogen-bond donors (Lipinski definition) is 0. The van der Waals surface area contributed by atoms with E-state index in [1.165, 1.54) is 48.6 Å². The number of nitrogens with zero attached hydrogens (tertiary/aromatic N) is 1. The summed E-state index contributed by atoms with van der Waals surface area (Å²) >= 11 is 0. The average molecular weight is 758 g/mol. The van der Waals surface area contributed by atoms with Gasteiger partial charge < -0.3 is 14.1 Å². The molecule has 0 unspecified atom stereocenters. The van der Waals surface area contributed by atoms with Crippen LogP contribution in [-0.2, 0) is 0 Å². The maximum Gasteiger partial charge on any atom is 0.189 e. The first-order valence-corrected chi connectivity index (χ1v) is 21.8. The zero-order valence-corrected chi connectivity index (χ0v) is 32.5. The van der Waals surface area contributed by atoms with E-state index in [1.54, 1.807) is 0 Å². The Morgan fingerprint density at radius 3 is 1.66 bits per heavy atom.